The lowest BCUT2D eigenvalue weighted by Gasteiger charge is -2.34. The molecule has 0 aliphatic carbocycles. The highest BCUT2D eigenvalue weighted by molar-refractivity contribution is 5.78. The van der Waals surface area contributed by atoms with Gasteiger partial charge in [0.2, 0.25) is 0 Å². The Morgan fingerprint density at radius 1 is 1.58 bits per heavy atom. The van der Waals surface area contributed by atoms with Crippen molar-refractivity contribution in [3.8, 4) is 0 Å². The molecule has 1 fully saturated rings. The Kier molecular flexibility index (Phi) is 2.42. The molecule has 70 valence electrons. The number of nitrogens with zero attached hydrogens (tertiary/aromatic N) is 1. The van der Waals surface area contributed by atoms with Crippen LogP contribution in [0, 0.1) is 0 Å². The number of aliphatic carboxylic acids is 1. The Morgan fingerprint density at radius 3 is 2.50 bits per heavy atom. The Morgan fingerprint density at radius 2 is 2.17 bits per heavy atom. The second kappa shape index (κ2) is 3.05. The summed E-state index contributed by atoms with van der Waals surface area (Å²) in [6.45, 7) is 6.84. The second-order valence-corrected chi connectivity index (χ2v) is 3.97. The summed E-state index contributed by atoms with van der Waals surface area (Å²) in [7, 11) is 0. The van der Waals surface area contributed by atoms with Crippen molar-refractivity contribution in [1.82, 2.24) is 4.90 Å². The molecule has 0 aromatic rings. The molecule has 1 heterocycles. The predicted molar refractivity (Wildman–Crippen MR) is 47.1 cm³/mol. The van der Waals surface area contributed by atoms with E-state index in [9.17, 15) is 4.79 Å². The van der Waals surface area contributed by atoms with Gasteiger partial charge in [0.15, 0.2) is 0 Å². The first-order chi connectivity index (χ1) is 5.48. The van der Waals surface area contributed by atoms with Crippen LogP contribution in [0.1, 0.15) is 33.6 Å². The summed E-state index contributed by atoms with van der Waals surface area (Å²) in [5.41, 5.74) is -0.617. The van der Waals surface area contributed by atoms with E-state index >= 15 is 0 Å². The van der Waals surface area contributed by atoms with Gasteiger partial charge in [0.25, 0.3) is 0 Å². The maximum Gasteiger partial charge on any atom is 0.323 e. The highest BCUT2D eigenvalue weighted by Crippen LogP contribution is 2.30. The van der Waals surface area contributed by atoms with E-state index < -0.39 is 11.5 Å². The number of hydrogen-bond acceptors (Lipinski definition) is 2. The van der Waals surface area contributed by atoms with Crippen LogP contribution in [0.5, 0.6) is 0 Å². The largest absolute Gasteiger partial charge is 0.480 e. The van der Waals surface area contributed by atoms with Gasteiger partial charge in [-0.1, -0.05) is 0 Å². The second-order valence-electron chi connectivity index (χ2n) is 3.97. The molecule has 0 amide bonds. The van der Waals surface area contributed by atoms with E-state index in [2.05, 4.69) is 4.90 Å². The highest BCUT2D eigenvalue weighted by Gasteiger charge is 2.44. The number of carboxylic acids is 1. The normalized spacial score (nSPS) is 31.3. The van der Waals surface area contributed by atoms with Crippen LogP contribution in [0.4, 0.5) is 0 Å². The summed E-state index contributed by atoms with van der Waals surface area (Å²) in [5.74, 6) is -0.686. The number of carboxylic acid groups (broad SMARTS) is 1. The van der Waals surface area contributed by atoms with Gasteiger partial charge in [-0.3, -0.25) is 9.69 Å². The van der Waals surface area contributed by atoms with E-state index in [1.807, 2.05) is 20.8 Å². The maximum absolute atomic E-state index is 11.0. The van der Waals surface area contributed by atoms with Crippen LogP contribution in [0.15, 0.2) is 0 Å². The van der Waals surface area contributed by atoms with Gasteiger partial charge < -0.3 is 5.11 Å². The summed E-state index contributed by atoms with van der Waals surface area (Å²) >= 11 is 0. The van der Waals surface area contributed by atoms with Gasteiger partial charge in [-0.15, -0.1) is 0 Å². The molecule has 0 radical (unpaired) electrons. The Bertz CT molecular complexity index is 191. The summed E-state index contributed by atoms with van der Waals surface area (Å²) in [5, 5.41) is 9.05. The molecule has 3 heteroatoms. The van der Waals surface area contributed by atoms with Crippen LogP contribution < -0.4 is 0 Å². The minimum Gasteiger partial charge on any atom is -0.480 e. The quantitative estimate of drug-likeness (QED) is 0.681. The predicted octanol–water partition coefficient (Wildman–Crippen LogP) is 1.33. The summed E-state index contributed by atoms with van der Waals surface area (Å²) < 4.78 is 0. The average molecular weight is 171 g/mol. The van der Waals surface area contributed by atoms with E-state index in [1.54, 1.807) is 0 Å². The molecule has 0 aromatic carbocycles. The third-order valence-corrected chi connectivity index (χ3v) is 2.78. The van der Waals surface area contributed by atoms with E-state index in [4.69, 9.17) is 5.11 Å². The topological polar surface area (TPSA) is 40.5 Å². The van der Waals surface area contributed by atoms with Crippen LogP contribution in [-0.4, -0.2) is 34.1 Å². The lowest BCUT2D eigenvalue weighted by atomic mass is 9.98. The fourth-order valence-corrected chi connectivity index (χ4v) is 2.04. The third kappa shape index (κ3) is 1.33. The van der Waals surface area contributed by atoms with E-state index in [1.165, 1.54) is 0 Å². The Balaban J connectivity index is 2.81. The number of hydrogen-bond donors (Lipinski definition) is 1. The van der Waals surface area contributed by atoms with Gasteiger partial charge in [0.1, 0.15) is 5.54 Å². The van der Waals surface area contributed by atoms with Crippen LogP contribution in [-0.2, 0) is 4.79 Å². The van der Waals surface area contributed by atoms with Gasteiger partial charge in [0.05, 0.1) is 0 Å². The molecule has 1 atom stereocenters. The zero-order chi connectivity index (χ0) is 9.35. The zero-order valence-electron chi connectivity index (χ0n) is 8.00. The van der Waals surface area contributed by atoms with Gasteiger partial charge in [0, 0.05) is 6.04 Å². The van der Waals surface area contributed by atoms with Crippen molar-refractivity contribution in [2.75, 3.05) is 6.54 Å². The van der Waals surface area contributed by atoms with Crippen molar-refractivity contribution in [3.63, 3.8) is 0 Å². The van der Waals surface area contributed by atoms with E-state index in [0.717, 1.165) is 19.4 Å². The van der Waals surface area contributed by atoms with Crippen LogP contribution in [0.3, 0.4) is 0 Å². The molecule has 0 spiro atoms. The highest BCUT2D eigenvalue weighted by atomic mass is 16.4. The zero-order valence-corrected chi connectivity index (χ0v) is 8.00. The average Bonchev–Trinajstić information content (AvgIpc) is 2.32. The van der Waals surface area contributed by atoms with Crippen molar-refractivity contribution in [1.29, 1.82) is 0 Å². The van der Waals surface area contributed by atoms with Crippen molar-refractivity contribution in [2.24, 2.45) is 0 Å². The first-order valence-electron chi connectivity index (χ1n) is 4.48. The van der Waals surface area contributed by atoms with Crippen LogP contribution in [0.25, 0.3) is 0 Å². The molecular formula is C9H17NO2. The van der Waals surface area contributed by atoms with Crippen LogP contribution >= 0.6 is 0 Å². The maximum atomic E-state index is 11.0. The first-order valence-corrected chi connectivity index (χ1v) is 4.48. The van der Waals surface area contributed by atoms with Gasteiger partial charge in [-0.05, 0) is 40.2 Å². The molecule has 12 heavy (non-hydrogen) atoms. The molecular weight excluding hydrogens is 154 g/mol. The van der Waals surface area contributed by atoms with Crippen LogP contribution in [0.2, 0.25) is 0 Å². The Labute approximate surface area is 73.4 Å². The third-order valence-electron chi connectivity index (χ3n) is 2.78. The molecule has 3 nitrogen and oxygen atoms in total. The number of rotatable bonds is 2. The van der Waals surface area contributed by atoms with Gasteiger partial charge in [-0.25, -0.2) is 0 Å². The van der Waals surface area contributed by atoms with E-state index in [0.29, 0.717) is 6.04 Å². The summed E-state index contributed by atoms with van der Waals surface area (Å²) in [6, 6.07) is 0.327. The van der Waals surface area contributed by atoms with Gasteiger partial charge in [-0.2, -0.15) is 0 Å². The number of carbonyl (C=O) groups is 1. The molecule has 0 aromatic heterocycles. The molecule has 0 bridgehead atoms. The lowest BCUT2D eigenvalue weighted by Crippen LogP contribution is -2.50. The molecule has 0 unspecified atom stereocenters. The van der Waals surface area contributed by atoms with Crippen molar-refractivity contribution < 1.29 is 9.90 Å². The fraction of sp³-hybridized carbons (Fsp3) is 0.889. The standard InChI is InChI=1S/C9H17NO2/c1-7(2)10-6-4-5-9(10,3)8(11)12/h7H,4-6H2,1-3H3,(H,11,12)/t9-/m0/s1. The monoisotopic (exact) mass is 171 g/mol. The first kappa shape index (κ1) is 9.52. The smallest absolute Gasteiger partial charge is 0.323 e. The molecule has 0 saturated carbocycles. The summed E-state index contributed by atoms with van der Waals surface area (Å²) in [6.07, 6.45) is 1.78. The lowest BCUT2D eigenvalue weighted by molar-refractivity contribution is -0.149. The minimum absolute atomic E-state index is 0.327. The molecule has 1 aliphatic rings. The van der Waals surface area contributed by atoms with Crippen molar-refractivity contribution in [3.05, 3.63) is 0 Å². The van der Waals surface area contributed by atoms with E-state index in [-0.39, 0.29) is 0 Å². The van der Waals surface area contributed by atoms with Crippen molar-refractivity contribution >= 4 is 5.97 Å². The minimum atomic E-state index is -0.686. The molecule has 1 saturated heterocycles. The SMILES string of the molecule is CC(C)N1CCC[C@@]1(C)C(=O)O. The molecule has 1 rings (SSSR count). The molecule has 1 aliphatic heterocycles. The Hall–Kier alpha value is -0.570. The summed E-state index contributed by atoms with van der Waals surface area (Å²) in [4.78, 5) is 13.1. The van der Waals surface area contributed by atoms with Crippen molar-refractivity contribution in [2.45, 2.75) is 45.2 Å². The fourth-order valence-electron chi connectivity index (χ4n) is 2.04. The molecule has 1 N–H and O–H groups in total. The van der Waals surface area contributed by atoms with Gasteiger partial charge >= 0.3 is 5.97 Å². The number of likely N-dealkylation sites (tertiary alicyclic amines) is 1.